The summed E-state index contributed by atoms with van der Waals surface area (Å²) in [6, 6.07) is 8.77. The van der Waals surface area contributed by atoms with Gasteiger partial charge in [-0.25, -0.2) is 0 Å². The van der Waals surface area contributed by atoms with E-state index in [2.05, 4.69) is 50.4 Å². The van der Waals surface area contributed by atoms with Crippen molar-refractivity contribution in [3.05, 3.63) is 29.8 Å². The first-order valence-electron chi connectivity index (χ1n) is 5.90. The Kier molecular flexibility index (Phi) is 4.19. The van der Waals surface area contributed by atoms with Crippen molar-refractivity contribution in [2.75, 3.05) is 12.4 Å². The molecule has 0 aromatic heterocycles. The van der Waals surface area contributed by atoms with Gasteiger partial charge in [0.15, 0.2) is 0 Å². The molecule has 1 N–H and O–H groups in total. The van der Waals surface area contributed by atoms with E-state index in [0.29, 0.717) is 5.41 Å². The Hall–Kier alpha value is -0.980. The van der Waals surface area contributed by atoms with Gasteiger partial charge in [-0.1, -0.05) is 45.7 Å². The Balaban J connectivity index is 2.71. The average molecular weight is 205 g/mol. The largest absolute Gasteiger partial charge is 0.388 e. The molecule has 0 bridgehead atoms. The molecule has 0 fully saturated rings. The lowest BCUT2D eigenvalue weighted by molar-refractivity contribution is 0.296. The zero-order valence-electron chi connectivity index (χ0n) is 10.4. The minimum absolute atomic E-state index is 0.459. The third kappa shape index (κ3) is 3.26. The molecule has 0 atom stereocenters. The summed E-state index contributed by atoms with van der Waals surface area (Å²) in [6.07, 6.45) is 3.68. The Morgan fingerprint density at radius 2 is 1.60 bits per heavy atom. The van der Waals surface area contributed by atoms with Crippen molar-refractivity contribution in [2.24, 2.45) is 5.41 Å². The predicted molar refractivity (Wildman–Crippen MR) is 68.4 cm³/mol. The molecule has 1 aromatic rings. The smallest absolute Gasteiger partial charge is 0.0337 e. The second-order valence-corrected chi connectivity index (χ2v) is 4.64. The lowest BCUT2D eigenvalue weighted by atomic mass is 9.79. The fourth-order valence-corrected chi connectivity index (χ4v) is 1.78. The normalized spacial score (nSPS) is 11.5. The van der Waals surface area contributed by atoms with Crippen LogP contribution in [0.1, 0.15) is 39.2 Å². The SMILES string of the molecule is CCC(C)(CC)Cc1ccc(NC)cc1. The fourth-order valence-electron chi connectivity index (χ4n) is 1.78. The first kappa shape index (κ1) is 12.1. The summed E-state index contributed by atoms with van der Waals surface area (Å²) in [5.41, 5.74) is 3.09. The molecule has 0 spiro atoms. The highest BCUT2D eigenvalue weighted by Crippen LogP contribution is 2.30. The topological polar surface area (TPSA) is 12.0 Å². The lowest BCUT2D eigenvalue weighted by Gasteiger charge is -2.26. The first-order valence-corrected chi connectivity index (χ1v) is 5.90. The molecule has 0 unspecified atom stereocenters. The van der Waals surface area contributed by atoms with Crippen molar-refractivity contribution in [2.45, 2.75) is 40.0 Å². The van der Waals surface area contributed by atoms with E-state index < -0.39 is 0 Å². The van der Waals surface area contributed by atoms with E-state index in [-0.39, 0.29) is 0 Å². The highest BCUT2D eigenvalue weighted by Gasteiger charge is 2.19. The Bertz CT molecular complexity index is 283. The van der Waals surface area contributed by atoms with Crippen LogP contribution < -0.4 is 5.32 Å². The summed E-state index contributed by atoms with van der Waals surface area (Å²) in [6.45, 7) is 6.94. The molecule has 0 aliphatic carbocycles. The van der Waals surface area contributed by atoms with Crippen LogP contribution in [0.15, 0.2) is 24.3 Å². The Morgan fingerprint density at radius 1 is 1.07 bits per heavy atom. The zero-order valence-corrected chi connectivity index (χ0v) is 10.4. The maximum Gasteiger partial charge on any atom is 0.0337 e. The molecular formula is C14H23N. The van der Waals surface area contributed by atoms with E-state index in [0.717, 1.165) is 0 Å². The molecular weight excluding hydrogens is 182 g/mol. The van der Waals surface area contributed by atoms with Gasteiger partial charge in [-0.15, -0.1) is 0 Å². The lowest BCUT2D eigenvalue weighted by Crippen LogP contribution is -2.17. The van der Waals surface area contributed by atoms with Crippen molar-refractivity contribution in [1.82, 2.24) is 0 Å². The van der Waals surface area contributed by atoms with Crippen molar-refractivity contribution in [3.8, 4) is 0 Å². The molecule has 15 heavy (non-hydrogen) atoms. The van der Waals surface area contributed by atoms with E-state index >= 15 is 0 Å². The highest BCUT2D eigenvalue weighted by atomic mass is 14.8. The van der Waals surface area contributed by atoms with Gasteiger partial charge in [-0.05, 0) is 29.5 Å². The van der Waals surface area contributed by atoms with Crippen LogP contribution in [0.5, 0.6) is 0 Å². The molecule has 1 nitrogen and oxygen atoms in total. The van der Waals surface area contributed by atoms with Crippen molar-refractivity contribution in [1.29, 1.82) is 0 Å². The average Bonchev–Trinajstić information content (AvgIpc) is 2.30. The Morgan fingerprint density at radius 3 is 2.00 bits per heavy atom. The van der Waals surface area contributed by atoms with Crippen LogP contribution in [0, 0.1) is 5.41 Å². The third-order valence-corrected chi connectivity index (χ3v) is 3.58. The predicted octanol–water partition coefficient (Wildman–Crippen LogP) is 4.10. The van der Waals surface area contributed by atoms with Crippen LogP contribution in [0.3, 0.4) is 0 Å². The Labute approximate surface area is 93.9 Å². The molecule has 0 aliphatic heterocycles. The molecule has 0 saturated heterocycles. The summed E-state index contributed by atoms with van der Waals surface area (Å²) in [4.78, 5) is 0. The van der Waals surface area contributed by atoms with Crippen molar-refractivity contribution in [3.63, 3.8) is 0 Å². The first-order chi connectivity index (χ1) is 7.13. The summed E-state index contributed by atoms with van der Waals surface area (Å²) in [5.74, 6) is 0. The summed E-state index contributed by atoms with van der Waals surface area (Å²) in [5, 5.41) is 3.14. The summed E-state index contributed by atoms with van der Waals surface area (Å²) >= 11 is 0. The molecule has 1 heteroatoms. The molecule has 1 rings (SSSR count). The molecule has 0 radical (unpaired) electrons. The van der Waals surface area contributed by atoms with Gasteiger partial charge in [0.1, 0.15) is 0 Å². The van der Waals surface area contributed by atoms with Gasteiger partial charge in [0.05, 0.1) is 0 Å². The summed E-state index contributed by atoms with van der Waals surface area (Å²) < 4.78 is 0. The minimum atomic E-state index is 0.459. The molecule has 0 saturated carbocycles. The number of hydrogen-bond donors (Lipinski definition) is 1. The number of nitrogens with one attached hydrogen (secondary N) is 1. The summed E-state index contributed by atoms with van der Waals surface area (Å²) in [7, 11) is 1.96. The number of rotatable bonds is 5. The van der Waals surface area contributed by atoms with E-state index in [1.54, 1.807) is 0 Å². The van der Waals surface area contributed by atoms with Gasteiger partial charge < -0.3 is 5.32 Å². The number of anilines is 1. The van der Waals surface area contributed by atoms with Crippen LogP contribution in [-0.2, 0) is 6.42 Å². The van der Waals surface area contributed by atoms with Gasteiger partial charge in [0.25, 0.3) is 0 Å². The van der Waals surface area contributed by atoms with E-state index in [9.17, 15) is 0 Å². The van der Waals surface area contributed by atoms with Gasteiger partial charge in [-0.3, -0.25) is 0 Å². The van der Waals surface area contributed by atoms with Crippen LogP contribution in [-0.4, -0.2) is 7.05 Å². The number of hydrogen-bond acceptors (Lipinski definition) is 1. The van der Waals surface area contributed by atoms with Crippen molar-refractivity contribution >= 4 is 5.69 Å². The minimum Gasteiger partial charge on any atom is -0.388 e. The van der Waals surface area contributed by atoms with Crippen LogP contribution in [0.2, 0.25) is 0 Å². The fraction of sp³-hybridized carbons (Fsp3) is 0.571. The quantitative estimate of drug-likeness (QED) is 0.763. The third-order valence-electron chi connectivity index (χ3n) is 3.58. The second kappa shape index (κ2) is 5.20. The van der Waals surface area contributed by atoms with E-state index in [1.165, 1.54) is 30.5 Å². The maximum atomic E-state index is 3.14. The van der Waals surface area contributed by atoms with Gasteiger partial charge in [-0.2, -0.15) is 0 Å². The zero-order chi connectivity index (χ0) is 11.3. The molecule has 0 amide bonds. The molecule has 0 heterocycles. The van der Waals surface area contributed by atoms with E-state index in [1.807, 2.05) is 7.05 Å². The van der Waals surface area contributed by atoms with Crippen LogP contribution in [0.25, 0.3) is 0 Å². The maximum absolute atomic E-state index is 3.14. The van der Waals surface area contributed by atoms with Crippen LogP contribution >= 0.6 is 0 Å². The van der Waals surface area contributed by atoms with Gasteiger partial charge in [0.2, 0.25) is 0 Å². The molecule has 0 aliphatic rings. The van der Waals surface area contributed by atoms with Gasteiger partial charge in [0, 0.05) is 12.7 Å². The van der Waals surface area contributed by atoms with Crippen molar-refractivity contribution < 1.29 is 0 Å². The monoisotopic (exact) mass is 205 g/mol. The molecule has 1 aromatic carbocycles. The second-order valence-electron chi connectivity index (χ2n) is 4.64. The van der Waals surface area contributed by atoms with Crippen LogP contribution in [0.4, 0.5) is 5.69 Å². The standard InChI is InChI=1S/C14H23N/c1-5-14(3,6-2)11-12-7-9-13(15-4)10-8-12/h7-10,15H,5-6,11H2,1-4H3. The molecule has 84 valence electrons. The van der Waals surface area contributed by atoms with Gasteiger partial charge >= 0.3 is 0 Å². The number of benzene rings is 1. The highest BCUT2D eigenvalue weighted by molar-refractivity contribution is 5.43. The van der Waals surface area contributed by atoms with E-state index in [4.69, 9.17) is 0 Å².